The van der Waals surface area contributed by atoms with E-state index in [0.717, 1.165) is 43.5 Å². The molecule has 6 rings (SSSR count). The van der Waals surface area contributed by atoms with Gasteiger partial charge in [-0.05, 0) is 49.4 Å². The van der Waals surface area contributed by atoms with E-state index in [9.17, 15) is 14.7 Å². The van der Waals surface area contributed by atoms with E-state index < -0.39 is 5.97 Å². The zero-order valence-corrected chi connectivity index (χ0v) is 23.0. The third kappa shape index (κ3) is 4.86. The molecule has 2 aliphatic heterocycles. The number of anilines is 1. The number of nitrogens with one attached hydrogen (secondary N) is 1. The number of hydrogen-bond acceptors (Lipinski definition) is 6. The van der Waals surface area contributed by atoms with Crippen molar-refractivity contribution in [1.82, 2.24) is 19.9 Å². The second kappa shape index (κ2) is 10.8. The molecule has 0 radical (unpaired) electrons. The van der Waals surface area contributed by atoms with Crippen molar-refractivity contribution in [3.63, 3.8) is 0 Å². The fraction of sp³-hybridized carbons (Fsp3) is 0.333. The maximum absolute atomic E-state index is 13.3. The zero-order valence-electron chi connectivity index (χ0n) is 22.2. The largest absolute Gasteiger partial charge is 0.490 e. The first-order chi connectivity index (χ1) is 19.4. The van der Waals surface area contributed by atoms with Crippen LogP contribution in [0.25, 0.3) is 16.9 Å². The van der Waals surface area contributed by atoms with Crippen molar-refractivity contribution in [3.8, 4) is 17.0 Å². The van der Waals surface area contributed by atoms with Crippen LogP contribution >= 0.6 is 11.6 Å². The first-order valence-corrected chi connectivity index (χ1v) is 13.9. The van der Waals surface area contributed by atoms with E-state index in [1.165, 1.54) is 5.56 Å². The Labute approximate surface area is 236 Å². The number of benzene rings is 2. The van der Waals surface area contributed by atoms with E-state index >= 15 is 0 Å². The maximum Gasteiger partial charge on any atom is 0.307 e. The Hall–Kier alpha value is -4.11. The molecule has 2 N–H and O–H groups in total. The minimum atomic E-state index is -0.997. The van der Waals surface area contributed by atoms with Crippen LogP contribution < -0.4 is 15.0 Å². The van der Waals surface area contributed by atoms with E-state index in [1.807, 2.05) is 30.3 Å². The number of amides is 1. The summed E-state index contributed by atoms with van der Waals surface area (Å²) in [4.78, 5) is 32.0. The fourth-order valence-electron chi connectivity index (χ4n) is 5.68. The Morgan fingerprint density at radius 3 is 2.77 bits per heavy atom. The van der Waals surface area contributed by atoms with Crippen molar-refractivity contribution in [1.29, 1.82) is 0 Å². The van der Waals surface area contributed by atoms with E-state index in [-0.39, 0.29) is 18.0 Å². The molecule has 4 bridgehead atoms. The molecular formula is C30H30ClN5O4. The van der Waals surface area contributed by atoms with Gasteiger partial charge < -0.3 is 20.1 Å². The molecule has 40 heavy (non-hydrogen) atoms. The molecule has 0 saturated carbocycles. The predicted octanol–water partition coefficient (Wildman–Crippen LogP) is 4.84. The van der Waals surface area contributed by atoms with Gasteiger partial charge in [0.25, 0.3) is 5.91 Å². The number of carbonyl (C=O) groups excluding carboxylic acids is 1. The zero-order chi connectivity index (χ0) is 27.8. The summed E-state index contributed by atoms with van der Waals surface area (Å²) >= 11 is 7.13. The molecule has 1 amide bonds. The molecule has 0 unspecified atom stereocenters. The van der Waals surface area contributed by atoms with Crippen molar-refractivity contribution in [2.45, 2.75) is 45.6 Å². The van der Waals surface area contributed by atoms with Gasteiger partial charge in [-0.2, -0.15) is 5.10 Å². The van der Waals surface area contributed by atoms with Crippen molar-refractivity contribution >= 4 is 34.8 Å². The quantitative estimate of drug-likeness (QED) is 0.362. The molecule has 4 heterocycles. The molecule has 0 spiro atoms. The summed E-state index contributed by atoms with van der Waals surface area (Å²) in [6.07, 6.45) is 3.74. The fourth-order valence-corrected chi connectivity index (χ4v) is 6.05. The van der Waals surface area contributed by atoms with Crippen LogP contribution in [-0.4, -0.2) is 51.3 Å². The number of aromatic nitrogens is 3. The van der Waals surface area contributed by atoms with E-state index in [0.29, 0.717) is 58.6 Å². The second-order valence-corrected chi connectivity index (χ2v) is 10.6. The molecule has 206 valence electrons. The van der Waals surface area contributed by atoms with Crippen molar-refractivity contribution < 1.29 is 19.4 Å². The molecule has 9 nitrogen and oxygen atoms in total. The molecule has 10 heteroatoms. The summed E-state index contributed by atoms with van der Waals surface area (Å²) in [6.45, 7) is 4.25. The molecule has 0 saturated heterocycles. The van der Waals surface area contributed by atoms with Crippen LogP contribution in [0.5, 0.6) is 5.75 Å². The van der Waals surface area contributed by atoms with Gasteiger partial charge in [-0.3, -0.25) is 9.59 Å². The number of halogens is 1. The number of aliphatic carboxylic acids is 1. The topological polar surface area (TPSA) is 109 Å². The Morgan fingerprint density at radius 1 is 1.12 bits per heavy atom. The van der Waals surface area contributed by atoms with Gasteiger partial charge in [-0.15, -0.1) is 0 Å². The van der Waals surface area contributed by atoms with Crippen LogP contribution in [0.1, 0.15) is 52.1 Å². The maximum atomic E-state index is 13.3. The number of ether oxygens (including phenoxy) is 1. The first-order valence-electron chi connectivity index (χ1n) is 13.6. The van der Waals surface area contributed by atoms with E-state index in [2.05, 4.69) is 26.4 Å². The monoisotopic (exact) mass is 559 g/mol. The molecule has 2 aromatic carbocycles. The SMILES string of the molecule is Cc1nc2cc3nn2c(c1CC(=O)O)-c1ccc2c(c1Cl)N(CCCCCc1ccccc1CNC3=O)CCO2. The lowest BCUT2D eigenvalue weighted by atomic mass is 10.00. The molecule has 2 aliphatic rings. The average molecular weight is 560 g/mol. The number of aryl methyl sites for hydroxylation is 2. The number of fused-ring (bicyclic) bond motifs is 4. The third-order valence-electron chi connectivity index (χ3n) is 7.67. The molecule has 0 atom stereocenters. The summed E-state index contributed by atoms with van der Waals surface area (Å²) < 4.78 is 7.51. The number of rotatable bonds is 2. The van der Waals surface area contributed by atoms with Crippen LogP contribution in [0.3, 0.4) is 0 Å². The van der Waals surface area contributed by atoms with Gasteiger partial charge in [0.2, 0.25) is 0 Å². The van der Waals surface area contributed by atoms with Gasteiger partial charge in [0.05, 0.1) is 29.4 Å². The minimum Gasteiger partial charge on any atom is -0.490 e. The van der Waals surface area contributed by atoms with Crippen LogP contribution in [0.15, 0.2) is 42.5 Å². The lowest BCUT2D eigenvalue weighted by molar-refractivity contribution is -0.136. The highest BCUT2D eigenvalue weighted by molar-refractivity contribution is 6.36. The van der Waals surface area contributed by atoms with Gasteiger partial charge in [0.15, 0.2) is 11.3 Å². The van der Waals surface area contributed by atoms with Crippen molar-refractivity contribution in [2.75, 3.05) is 24.6 Å². The number of hydrogen-bond donors (Lipinski definition) is 2. The van der Waals surface area contributed by atoms with Gasteiger partial charge in [0.1, 0.15) is 12.4 Å². The smallest absolute Gasteiger partial charge is 0.307 e. The highest BCUT2D eigenvalue weighted by Crippen LogP contribution is 2.45. The average Bonchev–Trinajstić information content (AvgIpc) is 3.36. The number of carbonyl (C=O) groups is 2. The first kappa shape index (κ1) is 26.1. The summed E-state index contributed by atoms with van der Waals surface area (Å²) in [7, 11) is 0. The third-order valence-corrected chi connectivity index (χ3v) is 8.05. The Kier molecular flexibility index (Phi) is 7.06. The lowest BCUT2D eigenvalue weighted by Crippen LogP contribution is -2.34. The van der Waals surface area contributed by atoms with Crippen LogP contribution in [0.4, 0.5) is 5.69 Å². The number of carboxylic acids is 1. The van der Waals surface area contributed by atoms with Gasteiger partial charge in [-0.25, -0.2) is 9.50 Å². The van der Waals surface area contributed by atoms with Crippen molar-refractivity contribution in [2.24, 2.45) is 0 Å². The molecule has 0 aliphatic carbocycles. The highest BCUT2D eigenvalue weighted by Gasteiger charge is 2.28. The summed E-state index contributed by atoms with van der Waals surface area (Å²) in [5.41, 5.74) is 5.89. The summed E-state index contributed by atoms with van der Waals surface area (Å²) in [5, 5.41) is 17.8. The predicted molar refractivity (Wildman–Crippen MR) is 152 cm³/mol. The minimum absolute atomic E-state index is 0.193. The van der Waals surface area contributed by atoms with Crippen LogP contribution in [0, 0.1) is 6.92 Å². The number of carboxylic acid groups (broad SMARTS) is 1. The van der Waals surface area contributed by atoms with Crippen LogP contribution in [-0.2, 0) is 24.2 Å². The van der Waals surface area contributed by atoms with Gasteiger partial charge >= 0.3 is 5.97 Å². The lowest BCUT2D eigenvalue weighted by Gasteiger charge is -2.33. The van der Waals surface area contributed by atoms with E-state index in [1.54, 1.807) is 17.5 Å². The molecule has 0 fully saturated rings. The summed E-state index contributed by atoms with van der Waals surface area (Å²) in [6, 6.07) is 13.5. The highest BCUT2D eigenvalue weighted by atomic mass is 35.5. The summed E-state index contributed by atoms with van der Waals surface area (Å²) in [5.74, 6) is -0.630. The van der Waals surface area contributed by atoms with Crippen molar-refractivity contribution in [3.05, 3.63) is 75.6 Å². The van der Waals surface area contributed by atoms with Crippen LogP contribution in [0.2, 0.25) is 5.02 Å². The molecule has 4 aromatic rings. The molecular weight excluding hydrogens is 530 g/mol. The standard InChI is InChI=1S/C30H30ClN5O4/c1-18-22(15-26(37)38)28-21-10-11-24-29(27(21)31)35(13-14-40-24)12-6-2-3-7-19-8-4-5-9-20(19)17-32-30(39)23-16-25(33-18)36(28)34-23/h4-5,8-11,16H,2-3,6-7,12-15,17H2,1H3,(H,32,39)(H,37,38). The van der Waals surface area contributed by atoms with E-state index in [4.69, 9.17) is 16.3 Å². The second-order valence-electron chi connectivity index (χ2n) is 10.3. The molecule has 2 aromatic heterocycles. The normalized spacial score (nSPS) is 15.7. The van der Waals surface area contributed by atoms with Gasteiger partial charge in [-0.1, -0.05) is 42.3 Å². The Morgan fingerprint density at radius 2 is 1.95 bits per heavy atom. The van der Waals surface area contributed by atoms with Gasteiger partial charge in [0, 0.05) is 36.0 Å². The Bertz CT molecular complexity index is 1630. The Balaban J connectivity index is 1.54. The number of nitrogens with zero attached hydrogens (tertiary/aromatic N) is 4.